The number of aryl methyl sites for hydroxylation is 1. The topological polar surface area (TPSA) is 33.1 Å². The molecule has 1 aromatic rings. The van der Waals surface area contributed by atoms with E-state index < -0.39 is 0 Å². The Morgan fingerprint density at radius 3 is 3.06 bits per heavy atom. The monoisotopic (exact) mass is 222 g/mol. The van der Waals surface area contributed by atoms with Crippen LogP contribution in [0.5, 0.6) is 0 Å². The Hall–Kier alpha value is -0.870. The molecule has 90 valence electrons. The predicted molar refractivity (Wildman–Crippen MR) is 65.4 cm³/mol. The van der Waals surface area contributed by atoms with E-state index in [4.69, 9.17) is 0 Å². The van der Waals surface area contributed by atoms with Crippen molar-refractivity contribution in [2.75, 3.05) is 26.7 Å². The number of piperidine rings is 1. The van der Waals surface area contributed by atoms with Gasteiger partial charge in [0.25, 0.3) is 0 Å². The van der Waals surface area contributed by atoms with Gasteiger partial charge in [-0.15, -0.1) is 0 Å². The van der Waals surface area contributed by atoms with E-state index in [1.165, 1.54) is 25.9 Å². The van der Waals surface area contributed by atoms with Crippen molar-refractivity contribution in [2.24, 2.45) is 7.05 Å². The summed E-state index contributed by atoms with van der Waals surface area (Å²) in [4.78, 5) is 6.73. The average molecular weight is 222 g/mol. The molecule has 1 aromatic heterocycles. The Kier molecular flexibility index (Phi) is 3.96. The minimum absolute atomic E-state index is 0.666. The van der Waals surface area contributed by atoms with E-state index >= 15 is 0 Å². The van der Waals surface area contributed by atoms with Gasteiger partial charge in [-0.3, -0.25) is 0 Å². The first-order valence-electron chi connectivity index (χ1n) is 6.14. The lowest BCUT2D eigenvalue weighted by Crippen LogP contribution is -2.44. The third-order valence-electron chi connectivity index (χ3n) is 3.33. The molecule has 1 aliphatic heterocycles. The molecule has 2 heterocycles. The van der Waals surface area contributed by atoms with Crippen LogP contribution < -0.4 is 5.32 Å². The molecular weight excluding hydrogens is 200 g/mol. The molecule has 0 radical (unpaired) electrons. The number of likely N-dealkylation sites (tertiary alicyclic amines) is 1. The van der Waals surface area contributed by atoms with Crippen LogP contribution in [-0.4, -0.2) is 47.2 Å². The maximum absolute atomic E-state index is 4.33. The van der Waals surface area contributed by atoms with Gasteiger partial charge in [0.2, 0.25) is 0 Å². The third-order valence-corrected chi connectivity index (χ3v) is 3.33. The number of likely N-dealkylation sites (N-methyl/N-ethyl adjacent to an activating group) is 1. The lowest BCUT2D eigenvalue weighted by molar-refractivity contribution is 0.228. The van der Waals surface area contributed by atoms with Crippen molar-refractivity contribution >= 4 is 0 Å². The summed E-state index contributed by atoms with van der Waals surface area (Å²) in [6.07, 6.45) is 7.51. The quantitative estimate of drug-likeness (QED) is 0.812. The minimum Gasteiger partial charge on any atom is -0.338 e. The van der Waals surface area contributed by atoms with E-state index in [1.54, 1.807) is 0 Å². The summed E-state index contributed by atoms with van der Waals surface area (Å²) in [7, 11) is 4.25. The van der Waals surface area contributed by atoms with Crippen LogP contribution in [0, 0.1) is 0 Å². The highest BCUT2D eigenvalue weighted by atomic mass is 15.1. The summed E-state index contributed by atoms with van der Waals surface area (Å²) < 4.78 is 2.09. The fourth-order valence-corrected chi connectivity index (χ4v) is 2.36. The maximum Gasteiger partial charge on any atom is 0.109 e. The molecule has 4 heteroatoms. The van der Waals surface area contributed by atoms with Crippen LogP contribution >= 0.6 is 0 Å². The number of nitrogens with zero attached hydrogens (tertiary/aromatic N) is 3. The SMILES string of the molecule is CN1CCCC(NCCc2nccn2C)C1. The summed E-state index contributed by atoms with van der Waals surface area (Å²) in [5.41, 5.74) is 0. The van der Waals surface area contributed by atoms with Gasteiger partial charge in [-0.2, -0.15) is 0 Å². The van der Waals surface area contributed by atoms with Gasteiger partial charge >= 0.3 is 0 Å². The fraction of sp³-hybridized carbons (Fsp3) is 0.750. The number of hydrogen-bond donors (Lipinski definition) is 1. The van der Waals surface area contributed by atoms with Gasteiger partial charge in [0.15, 0.2) is 0 Å². The van der Waals surface area contributed by atoms with Crippen molar-refractivity contribution in [3.63, 3.8) is 0 Å². The Morgan fingerprint density at radius 1 is 1.50 bits per heavy atom. The molecule has 0 aromatic carbocycles. The second kappa shape index (κ2) is 5.46. The van der Waals surface area contributed by atoms with Gasteiger partial charge in [0, 0.05) is 45.0 Å². The lowest BCUT2D eigenvalue weighted by atomic mass is 10.1. The molecule has 0 spiro atoms. The predicted octanol–water partition coefficient (Wildman–Crippen LogP) is 0.646. The zero-order valence-corrected chi connectivity index (χ0v) is 10.3. The van der Waals surface area contributed by atoms with Crippen molar-refractivity contribution in [1.82, 2.24) is 19.8 Å². The normalized spacial score (nSPS) is 22.5. The van der Waals surface area contributed by atoms with E-state index in [0.29, 0.717) is 6.04 Å². The van der Waals surface area contributed by atoms with E-state index in [-0.39, 0.29) is 0 Å². The van der Waals surface area contributed by atoms with E-state index in [0.717, 1.165) is 18.8 Å². The second-order valence-electron chi connectivity index (χ2n) is 4.76. The maximum atomic E-state index is 4.33. The number of imidazole rings is 1. The first-order valence-corrected chi connectivity index (χ1v) is 6.14. The van der Waals surface area contributed by atoms with Crippen molar-refractivity contribution in [1.29, 1.82) is 0 Å². The van der Waals surface area contributed by atoms with E-state index in [1.807, 2.05) is 12.4 Å². The molecule has 1 aliphatic rings. The van der Waals surface area contributed by atoms with Crippen LogP contribution in [0.15, 0.2) is 12.4 Å². The van der Waals surface area contributed by atoms with Gasteiger partial charge in [-0.1, -0.05) is 0 Å². The first kappa shape index (κ1) is 11.6. The smallest absolute Gasteiger partial charge is 0.109 e. The highest BCUT2D eigenvalue weighted by molar-refractivity contribution is 4.92. The highest BCUT2D eigenvalue weighted by Crippen LogP contribution is 2.07. The molecule has 1 saturated heterocycles. The van der Waals surface area contributed by atoms with Crippen molar-refractivity contribution < 1.29 is 0 Å². The summed E-state index contributed by atoms with van der Waals surface area (Å²) >= 11 is 0. The van der Waals surface area contributed by atoms with Gasteiger partial charge in [0.1, 0.15) is 5.82 Å². The van der Waals surface area contributed by atoms with Crippen LogP contribution in [0.25, 0.3) is 0 Å². The largest absolute Gasteiger partial charge is 0.338 e. The number of rotatable bonds is 4. The summed E-state index contributed by atoms with van der Waals surface area (Å²) in [6.45, 7) is 3.46. The van der Waals surface area contributed by atoms with Crippen LogP contribution in [0.3, 0.4) is 0 Å². The second-order valence-corrected chi connectivity index (χ2v) is 4.76. The molecule has 1 N–H and O–H groups in total. The van der Waals surface area contributed by atoms with E-state index in [9.17, 15) is 0 Å². The summed E-state index contributed by atoms with van der Waals surface area (Å²) in [5, 5.41) is 3.62. The molecule has 1 fully saturated rings. The Balaban J connectivity index is 1.70. The zero-order chi connectivity index (χ0) is 11.4. The zero-order valence-electron chi connectivity index (χ0n) is 10.3. The Morgan fingerprint density at radius 2 is 2.38 bits per heavy atom. The van der Waals surface area contributed by atoms with Gasteiger partial charge in [0.05, 0.1) is 0 Å². The summed E-state index contributed by atoms with van der Waals surface area (Å²) in [6, 6.07) is 0.666. The molecule has 0 saturated carbocycles. The standard InChI is InChI=1S/C12H22N4/c1-15-8-3-4-11(10-15)13-6-5-12-14-7-9-16(12)2/h7,9,11,13H,3-6,8,10H2,1-2H3. The summed E-state index contributed by atoms with van der Waals surface area (Å²) in [5.74, 6) is 1.16. The molecule has 1 atom stereocenters. The number of aromatic nitrogens is 2. The van der Waals surface area contributed by atoms with E-state index in [2.05, 4.69) is 33.9 Å². The van der Waals surface area contributed by atoms with Gasteiger partial charge in [-0.25, -0.2) is 4.98 Å². The van der Waals surface area contributed by atoms with Gasteiger partial charge < -0.3 is 14.8 Å². The number of hydrogen-bond acceptors (Lipinski definition) is 3. The molecule has 0 aliphatic carbocycles. The van der Waals surface area contributed by atoms with Crippen LogP contribution in [0.1, 0.15) is 18.7 Å². The molecule has 2 rings (SSSR count). The van der Waals surface area contributed by atoms with Gasteiger partial charge in [-0.05, 0) is 26.4 Å². The fourth-order valence-electron chi connectivity index (χ4n) is 2.36. The van der Waals surface area contributed by atoms with Crippen LogP contribution in [0.2, 0.25) is 0 Å². The van der Waals surface area contributed by atoms with Crippen LogP contribution in [0.4, 0.5) is 0 Å². The molecule has 1 unspecified atom stereocenters. The minimum atomic E-state index is 0.666. The molecule has 16 heavy (non-hydrogen) atoms. The highest BCUT2D eigenvalue weighted by Gasteiger charge is 2.16. The average Bonchev–Trinajstić information content (AvgIpc) is 2.65. The van der Waals surface area contributed by atoms with Crippen molar-refractivity contribution in [3.8, 4) is 0 Å². The lowest BCUT2D eigenvalue weighted by Gasteiger charge is -2.30. The molecule has 0 amide bonds. The van der Waals surface area contributed by atoms with Crippen LogP contribution in [-0.2, 0) is 13.5 Å². The molecular formula is C12H22N4. The molecule has 0 bridgehead atoms. The van der Waals surface area contributed by atoms with Crippen molar-refractivity contribution in [2.45, 2.75) is 25.3 Å². The Labute approximate surface area is 97.7 Å². The molecule has 4 nitrogen and oxygen atoms in total. The van der Waals surface area contributed by atoms with Crippen molar-refractivity contribution in [3.05, 3.63) is 18.2 Å². The third kappa shape index (κ3) is 3.06. The number of nitrogens with one attached hydrogen (secondary N) is 1. The Bertz CT molecular complexity index is 321. The first-order chi connectivity index (χ1) is 7.75.